The fourth-order valence-electron chi connectivity index (χ4n) is 2.51. The second-order valence-electron chi connectivity index (χ2n) is 4.73. The maximum Gasteiger partial charge on any atom is 0.222 e. The molecule has 1 aliphatic rings. The second-order valence-corrected chi connectivity index (χ2v) is 15.9. The largest absolute Gasteiger partial charge is 0.222 e. The Balaban J connectivity index is 2.29. The summed E-state index contributed by atoms with van der Waals surface area (Å²) < 4.78 is 0. The molecule has 0 saturated carbocycles. The van der Waals surface area contributed by atoms with E-state index in [1.807, 2.05) is 22.7 Å². The molecule has 0 aliphatic heterocycles. The number of hydrogen-bond donors (Lipinski definition) is 1. The molecule has 2 aromatic heterocycles. The van der Waals surface area contributed by atoms with Crippen LogP contribution in [0.1, 0.15) is 25.0 Å². The lowest BCUT2D eigenvalue weighted by atomic mass is 10.2. The van der Waals surface area contributed by atoms with Crippen molar-refractivity contribution < 1.29 is 0 Å². The van der Waals surface area contributed by atoms with Crippen LogP contribution in [-0.4, -0.2) is 6.53 Å². The van der Waals surface area contributed by atoms with Crippen LogP contribution < -0.4 is 0 Å². The molecule has 0 saturated heterocycles. The van der Waals surface area contributed by atoms with Crippen LogP contribution in [0.5, 0.6) is 0 Å². The lowest BCUT2D eigenvalue weighted by Crippen LogP contribution is -2.24. The van der Waals surface area contributed by atoms with Gasteiger partial charge in [-0.2, -0.15) is 23.2 Å². The standard InChI is InChI=1S/C12H13ClS3Si/c1-6-4-8-9-5-7(2)16-11(9)12(10(8)15-6)17(3,13)14/h4-5,12,14H,1-3H3. The fraction of sp³-hybridized carbons (Fsp3) is 0.333. The summed E-state index contributed by atoms with van der Waals surface area (Å²) >= 11 is 15.1. The van der Waals surface area contributed by atoms with Crippen molar-refractivity contribution in [2.75, 3.05) is 0 Å². The molecular weight excluding hydrogens is 304 g/mol. The maximum atomic E-state index is 6.63. The van der Waals surface area contributed by atoms with Gasteiger partial charge in [0.2, 0.25) is 6.53 Å². The molecule has 1 aliphatic carbocycles. The van der Waals surface area contributed by atoms with E-state index in [1.54, 1.807) is 0 Å². The van der Waals surface area contributed by atoms with Gasteiger partial charge in [0.1, 0.15) is 0 Å². The third-order valence-corrected chi connectivity index (χ3v) is 8.82. The highest BCUT2D eigenvalue weighted by atomic mass is 35.6. The van der Waals surface area contributed by atoms with Crippen LogP contribution in [0.15, 0.2) is 12.1 Å². The lowest BCUT2D eigenvalue weighted by Gasteiger charge is -2.20. The summed E-state index contributed by atoms with van der Waals surface area (Å²) in [5, 5.41) is 0. The summed E-state index contributed by atoms with van der Waals surface area (Å²) in [7, 11) is 0. The van der Waals surface area contributed by atoms with Crippen molar-refractivity contribution >= 4 is 52.4 Å². The average molecular weight is 317 g/mol. The van der Waals surface area contributed by atoms with Crippen LogP contribution in [0.2, 0.25) is 6.55 Å². The Hall–Kier alpha value is 0.257. The Morgan fingerprint density at radius 1 is 1.12 bits per heavy atom. The van der Waals surface area contributed by atoms with E-state index < -0.39 is 6.53 Å². The molecule has 90 valence electrons. The van der Waals surface area contributed by atoms with Crippen molar-refractivity contribution in [3.05, 3.63) is 31.6 Å². The smallest absolute Gasteiger partial charge is 0.184 e. The molecule has 5 heteroatoms. The minimum Gasteiger partial charge on any atom is -0.184 e. The van der Waals surface area contributed by atoms with Crippen LogP contribution in [0, 0.1) is 13.8 Å². The molecule has 1 atom stereocenters. The van der Waals surface area contributed by atoms with Crippen molar-refractivity contribution in [1.82, 2.24) is 0 Å². The molecule has 0 radical (unpaired) electrons. The van der Waals surface area contributed by atoms with Crippen LogP contribution in [0.3, 0.4) is 0 Å². The predicted molar refractivity (Wildman–Crippen MR) is 85.4 cm³/mol. The number of fused-ring (bicyclic) bond motifs is 3. The molecule has 0 nitrogen and oxygen atoms in total. The highest BCUT2D eigenvalue weighted by Gasteiger charge is 2.43. The van der Waals surface area contributed by atoms with E-state index in [0.717, 1.165) is 0 Å². The molecule has 2 heterocycles. The summed E-state index contributed by atoms with van der Waals surface area (Å²) in [5.41, 5.74) is 3.19. The van der Waals surface area contributed by atoms with E-state index in [9.17, 15) is 0 Å². The van der Waals surface area contributed by atoms with E-state index in [-0.39, 0.29) is 0 Å². The summed E-state index contributed by atoms with van der Waals surface area (Å²) in [4.78, 5) is 5.64. The molecule has 17 heavy (non-hydrogen) atoms. The zero-order chi connectivity index (χ0) is 12.4. The second kappa shape index (κ2) is 3.87. The molecule has 0 bridgehead atoms. The van der Waals surface area contributed by atoms with Gasteiger partial charge in [-0.3, -0.25) is 0 Å². The Kier molecular flexibility index (Phi) is 2.80. The van der Waals surface area contributed by atoms with Gasteiger partial charge in [-0.1, -0.05) is 0 Å². The van der Waals surface area contributed by atoms with E-state index in [1.165, 1.54) is 30.6 Å². The predicted octanol–water partition coefficient (Wildman–Crippen LogP) is 5.32. The maximum absolute atomic E-state index is 6.63. The molecule has 0 spiro atoms. The van der Waals surface area contributed by atoms with E-state index in [4.69, 9.17) is 23.2 Å². The first-order chi connectivity index (χ1) is 7.88. The van der Waals surface area contributed by atoms with Gasteiger partial charge in [-0.15, -0.1) is 22.7 Å². The molecule has 0 aromatic carbocycles. The normalized spacial score (nSPS) is 17.9. The van der Waals surface area contributed by atoms with Crippen molar-refractivity contribution in [3.8, 4) is 11.1 Å². The number of thiophene rings is 2. The third-order valence-electron chi connectivity index (χ3n) is 3.11. The van der Waals surface area contributed by atoms with Gasteiger partial charge >= 0.3 is 0 Å². The highest BCUT2D eigenvalue weighted by Crippen LogP contribution is 2.56. The summed E-state index contributed by atoms with van der Waals surface area (Å²) in [6, 6.07) is 4.60. The Morgan fingerprint density at radius 2 is 1.53 bits per heavy atom. The van der Waals surface area contributed by atoms with Gasteiger partial charge < -0.3 is 0 Å². The molecule has 0 fully saturated rings. The summed E-state index contributed by atoms with van der Waals surface area (Å²) in [6.07, 6.45) is 0. The van der Waals surface area contributed by atoms with Crippen molar-refractivity contribution in [2.24, 2.45) is 0 Å². The number of halogens is 1. The molecular formula is C12H13ClS3Si. The minimum absolute atomic E-state index is 0.370. The quantitative estimate of drug-likeness (QED) is 0.411. The number of rotatable bonds is 1. The first-order valence-corrected chi connectivity index (χ1v) is 12.0. The van der Waals surface area contributed by atoms with E-state index in [2.05, 4.69) is 32.5 Å². The van der Waals surface area contributed by atoms with Crippen molar-refractivity contribution in [3.63, 3.8) is 0 Å². The average Bonchev–Trinajstić information content (AvgIpc) is 2.73. The Bertz CT molecular complexity index is 545. The molecule has 0 N–H and O–H groups in total. The lowest BCUT2D eigenvalue weighted by molar-refractivity contribution is 1.26. The van der Waals surface area contributed by atoms with Gasteiger partial charge in [-0.05, 0) is 43.7 Å². The van der Waals surface area contributed by atoms with Gasteiger partial charge in [0.05, 0.1) is 0 Å². The first kappa shape index (κ1) is 12.3. The molecule has 3 rings (SSSR count). The summed E-state index contributed by atoms with van der Waals surface area (Å²) in [6.45, 7) is 4.46. The summed E-state index contributed by atoms with van der Waals surface area (Å²) in [5.74, 6) is 0. The van der Waals surface area contributed by atoms with E-state index >= 15 is 0 Å². The SMILES string of the molecule is Cc1cc2c(s1)C([Si](C)(S)Cl)c1sc(C)cc1-2. The van der Waals surface area contributed by atoms with Crippen LogP contribution in [0.25, 0.3) is 11.1 Å². The van der Waals surface area contributed by atoms with Crippen LogP contribution in [-0.2, 0) is 0 Å². The number of hydrogen-bond acceptors (Lipinski definition) is 3. The van der Waals surface area contributed by atoms with Gasteiger partial charge in [0, 0.05) is 25.0 Å². The van der Waals surface area contributed by atoms with Gasteiger partial charge in [-0.25, -0.2) is 0 Å². The zero-order valence-electron chi connectivity index (χ0n) is 9.87. The molecule has 1 unspecified atom stereocenters. The van der Waals surface area contributed by atoms with Crippen LogP contribution >= 0.6 is 45.8 Å². The topological polar surface area (TPSA) is 0 Å². The van der Waals surface area contributed by atoms with E-state index in [0.29, 0.717) is 5.54 Å². The Morgan fingerprint density at radius 3 is 1.88 bits per heavy atom. The minimum atomic E-state index is -2.01. The first-order valence-electron chi connectivity index (χ1n) is 5.50. The fourth-order valence-corrected chi connectivity index (χ4v) is 10.0. The van der Waals surface area contributed by atoms with Gasteiger partial charge in [0.15, 0.2) is 0 Å². The Labute approximate surface area is 120 Å². The van der Waals surface area contributed by atoms with Crippen molar-refractivity contribution in [2.45, 2.75) is 25.9 Å². The number of thiol groups is 1. The van der Waals surface area contributed by atoms with Crippen molar-refractivity contribution in [1.29, 1.82) is 0 Å². The molecule has 0 amide bonds. The van der Waals surface area contributed by atoms with Crippen LogP contribution in [0.4, 0.5) is 0 Å². The highest BCUT2D eigenvalue weighted by molar-refractivity contribution is 8.20. The third kappa shape index (κ3) is 1.85. The zero-order valence-corrected chi connectivity index (χ0v) is 14.2. The monoisotopic (exact) mass is 316 g/mol. The van der Waals surface area contributed by atoms with Gasteiger partial charge in [0.25, 0.3) is 0 Å². The molecule has 2 aromatic rings. The number of aryl methyl sites for hydroxylation is 2.